The first-order valence-corrected chi connectivity index (χ1v) is 14.4. The van der Waals surface area contributed by atoms with Crippen LogP contribution in [0.2, 0.25) is 0 Å². The number of benzene rings is 4. The van der Waals surface area contributed by atoms with Crippen molar-refractivity contribution < 1.29 is 9.84 Å². The van der Waals surface area contributed by atoms with E-state index in [1.807, 2.05) is 6.92 Å². The van der Waals surface area contributed by atoms with Gasteiger partial charge in [0.2, 0.25) is 0 Å². The van der Waals surface area contributed by atoms with Crippen molar-refractivity contribution in [3.8, 4) is 11.5 Å². The first-order valence-electron chi connectivity index (χ1n) is 12.4. The fourth-order valence-electron chi connectivity index (χ4n) is 5.41. The van der Waals surface area contributed by atoms with Gasteiger partial charge in [0.25, 0.3) is 0 Å². The smallest absolute Gasteiger partial charge is 0.127 e. The largest absolute Gasteiger partial charge is 0.507 e. The molecule has 1 heterocycles. The number of rotatable bonds is 5. The molecule has 0 aromatic heterocycles. The highest BCUT2D eigenvalue weighted by atomic mass is 31.2. The lowest BCUT2D eigenvalue weighted by molar-refractivity contribution is 0.0831. The van der Waals surface area contributed by atoms with Gasteiger partial charge in [-0.25, -0.2) is 0 Å². The summed E-state index contributed by atoms with van der Waals surface area (Å²) < 4.78 is 6.56. The van der Waals surface area contributed by atoms with E-state index in [1.165, 1.54) is 21.5 Å². The van der Waals surface area contributed by atoms with Gasteiger partial charge in [-0.2, -0.15) is 0 Å². The maximum Gasteiger partial charge on any atom is 0.127 e. The van der Waals surface area contributed by atoms with Gasteiger partial charge in [0.1, 0.15) is 46.4 Å². The van der Waals surface area contributed by atoms with Gasteiger partial charge in [-0.3, -0.25) is 0 Å². The highest BCUT2D eigenvalue weighted by Gasteiger charge is 2.47. The van der Waals surface area contributed by atoms with Gasteiger partial charge in [0, 0.05) is 11.1 Å². The van der Waals surface area contributed by atoms with Crippen molar-refractivity contribution >= 4 is 23.2 Å². The standard InChI is InChI=1S/C32H33O2P/c1-23-24(2)31-28(20-21-32(3,4)34-31)29(30(23)33)22-35(25-14-8-5-9-15-25,26-16-10-6-11-17-26)27-18-12-7-13-19-27/h5-19H,20-22H2,1-4H3/p+1. The van der Waals surface area contributed by atoms with Crippen molar-refractivity contribution in [2.75, 3.05) is 0 Å². The summed E-state index contributed by atoms with van der Waals surface area (Å²) >= 11 is 0. The molecule has 0 amide bonds. The molecule has 4 aromatic carbocycles. The predicted molar refractivity (Wildman–Crippen MR) is 149 cm³/mol. The van der Waals surface area contributed by atoms with E-state index in [9.17, 15) is 5.11 Å². The Morgan fingerprint density at radius 1 is 0.743 bits per heavy atom. The van der Waals surface area contributed by atoms with E-state index in [0.717, 1.165) is 41.4 Å². The molecule has 5 rings (SSSR count). The van der Waals surface area contributed by atoms with Crippen LogP contribution in [-0.2, 0) is 12.6 Å². The summed E-state index contributed by atoms with van der Waals surface area (Å²) in [6.45, 7) is 8.42. The number of phenolic OH excluding ortho intramolecular Hbond substituents is 1. The Balaban J connectivity index is 1.82. The van der Waals surface area contributed by atoms with E-state index in [2.05, 4.69) is 112 Å². The topological polar surface area (TPSA) is 29.5 Å². The summed E-state index contributed by atoms with van der Waals surface area (Å²) in [6.07, 6.45) is 2.59. The fraction of sp³-hybridized carbons (Fsp3) is 0.250. The van der Waals surface area contributed by atoms with E-state index in [-0.39, 0.29) is 5.60 Å². The van der Waals surface area contributed by atoms with Gasteiger partial charge in [0.15, 0.2) is 0 Å². The van der Waals surface area contributed by atoms with Crippen molar-refractivity contribution in [3.63, 3.8) is 0 Å². The second kappa shape index (κ2) is 9.17. The van der Waals surface area contributed by atoms with Crippen molar-refractivity contribution in [1.29, 1.82) is 0 Å². The van der Waals surface area contributed by atoms with Crippen LogP contribution >= 0.6 is 7.26 Å². The minimum absolute atomic E-state index is 0.205. The van der Waals surface area contributed by atoms with Gasteiger partial charge in [-0.15, -0.1) is 0 Å². The lowest BCUT2D eigenvalue weighted by Gasteiger charge is -2.36. The molecule has 4 aromatic rings. The summed E-state index contributed by atoms with van der Waals surface area (Å²) in [7, 11) is -2.13. The minimum Gasteiger partial charge on any atom is -0.507 e. The first kappa shape index (κ1) is 23.6. The number of fused-ring (bicyclic) bond motifs is 1. The molecule has 3 heteroatoms. The molecule has 0 saturated heterocycles. The molecule has 1 aliphatic rings. The summed E-state index contributed by atoms with van der Waals surface area (Å²) in [4.78, 5) is 0. The molecule has 0 saturated carbocycles. The zero-order chi connectivity index (χ0) is 24.6. The Morgan fingerprint density at radius 3 is 1.66 bits per heavy atom. The highest BCUT2D eigenvalue weighted by molar-refractivity contribution is 7.95. The number of phenols is 1. The van der Waals surface area contributed by atoms with Gasteiger partial charge in [-0.1, -0.05) is 54.6 Å². The Morgan fingerprint density at radius 2 is 1.20 bits per heavy atom. The quantitative estimate of drug-likeness (QED) is 0.325. The number of hydrogen-bond donors (Lipinski definition) is 1. The molecule has 1 N–H and O–H groups in total. The van der Waals surface area contributed by atoms with E-state index < -0.39 is 7.26 Å². The van der Waals surface area contributed by atoms with Crippen LogP contribution in [0.3, 0.4) is 0 Å². The second-order valence-corrected chi connectivity index (χ2v) is 13.7. The Labute approximate surface area is 210 Å². The number of hydrogen-bond acceptors (Lipinski definition) is 2. The third-order valence-corrected chi connectivity index (χ3v) is 11.9. The third-order valence-electron chi connectivity index (χ3n) is 7.52. The van der Waals surface area contributed by atoms with Crippen molar-refractivity contribution in [2.45, 2.75) is 52.3 Å². The lowest BCUT2D eigenvalue weighted by Crippen LogP contribution is -2.35. The molecule has 0 bridgehead atoms. The van der Waals surface area contributed by atoms with E-state index in [4.69, 9.17) is 4.74 Å². The van der Waals surface area contributed by atoms with Crippen molar-refractivity contribution in [1.82, 2.24) is 0 Å². The Hall–Kier alpha value is -3.09. The van der Waals surface area contributed by atoms with Crippen LogP contribution in [-0.4, -0.2) is 10.7 Å². The molecule has 0 fully saturated rings. The molecule has 0 aliphatic carbocycles. The second-order valence-electron chi connectivity index (χ2n) is 10.2. The van der Waals surface area contributed by atoms with Gasteiger partial charge in [-0.05, 0) is 88.1 Å². The fourth-order valence-corrected chi connectivity index (χ4v) is 9.71. The van der Waals surface area contributed by atoms with E-state index in [1.54, 1.807) is 0 Å². The predicted octanol–water partition coefficient (Wildman–Crippen LogP) is 6.61. The normalized spacial score (nSPS) is 14.7. The molecule has 0 radical (unpaired) electrons. The Kier molecular flexibility index (Phi) is 6.20. The van der Waals surface area contributed by atoms with Crippen LogP contribution in [0.5, 0.6) is 11.5 Å². The van der Waals surface area contributed by atoms with E-state index in [0.29, 0.717) is 5.75 Å². The average Bonchev–Trinajstić information content (AvgIpc) is 2.89. The molecular formula is C32H34O2P+. The Bertz CT molecular complexity index is 1230. The van der Waals surface area contributed by atoms with Gasteiger partial charge >= 0.3 is 0 Å². The van der Waals surface area contributed by atoms with Crippen molar-refractivity contribution in [3.05, 3.63) is 113 Å². The van der Waals surface area contributed by atoms with Crippen LogP contribution in [0.15, 0.2) is 91.0 Å². The van der Waals surface area contributed by atoms with Gasteiger partial charge < -0.3 is 9.84 Å². The molecule has 1 aliphatic heterocycles. The van der Waals surface area contributed by atoms with Gasteiger partial charge in [0.05, 0.1) is 0 Å². The molecular weight excluding hydrogens is 447 g/mol. The van der Waals surface area contributed by atoms with Crippen molar-refractivity contribution in [2.24, 2.45) is 0 Å². The maximum atomic E-state index is 11.6. The molecule has 2 nitrogen and oxygen atoms in total. The summed E-state index contributed by atoms with van der Waals surface area (Å²) in [5, 5.41) is 15.6. The maximum absolute atomic E-state index is 11.6. The summed E-state index contributed by atoms with van der Waals surface area (Å²) in [6, 6.07) is 32.6. The number of ether oxygens (including phenoxy) is 1. The SMILES string of the molecule is Cc1c(C)c2c(c(C[P+](c3ccccc3)(c3ccccc3)c3ccccc3)c1O)CCC(C)(C)O2. The molecule has 35 heavy (non-hydrogen) atoms. The number of aromatic hydroxyl groups is 1. The van der Waals surface area contributed by atoms with Crippen LogP contribution in [0.4, 0.5) is 0 Å². The van der Waals surface area contributed by atoms with E-state index >= 15 is 0 Å². The minimum atomic E-state index is -2.13. The highest BCUT2D eigenvalue weighted by Crippen LogP contribution is 2.60. The van der Waals surface area contributed by atoms with Crippen LogP contribution in [0, 0.1) is 13.8 Å². The lowest BCUT2D eigenvalue weighted by atomic mass is 9.88. The third kappa shape index (κ3) is 4.15. The van der Waals surface area contributed by atoms with Crippen LogP contribution in [0.1, 0.15) is 42.5 Å². The summed E-state index contributed by atoms with van der Waals surface area (Å²) in [5.74, 6) is 1.40. The molecule has 178 valence electrons. The monoisotopic (exact) mass is 481 g/mol. The molecule has 0 spiro atoms. The summed E-state index contributed by atoms with van der Waals surface area (Å²) in [5.41, 5.74) is 3.99. The van der Waals surface area contributed by atoms with Crippen LogP contribution in [0.25, 0.3) is 0 Å². The first-order chi connectivity index (χ1) is 16.8. The van der Waals surface area contributed by atoms with Crippen LogP contribution < -0.4 is 20.7 Å². The zero-order valence-corrected chi connectivity index (χ0v) is 22.0. The average molecular weight is 482 g/mol. The molecule has 0 atom stereocenters. The molecule has 0 unspecified atom stereocenters. The zero-order valence-electron chi connectivity index (χ0n) is 21.1.